The van der Waals surface area contributed by atoms with E-state index in [-0.39, 0.29) is 22.1 Å². The van der Waals surface area contributed by atoms with Crippen LogP contribution < -0.4 is 10.6 Å². The van der Waals surface area contributed by atoms with Crippen molar-refractivity contribution >= 4 is 80.0 Å². The number of thioether (sulfide) groups is 1. The summed E-state index contributed by atoms with van der Waals surface area (Å²) < 4.78 is 2.28. The number of rotatable bonds is 7. The molecule has 5 rings (SSSR count). The molecule has 0 aliphatic heterocycles. The predicted octanol–water partition coefficient (Wildman–Crippen LogP) is 8.49. The largest absolute Gasteiger partial charge is 0.341 e. The number of aromatic nitrogens is 1. The highest BCUT2D eigenvalue weighted by Crippen LogP contribution is 2.32. The van der Waals surface area contributed by atoms with Crippen LogP contribution in [0.25, 0.3) is 21.8 Å². The van der Waals surface area contributed by atoms with Crippen LogP contribution in [0.2, 0.25) is 10.0 Å². The molecule has 2 amide bonds. The van der Waals surface area contributed by atoms with Crippen molar-refractivity contribution in [3.05, 3.63) is 101 Å². The Hall–Kier alpha value is -3.45. The molecule has 1 atom stereocenters. The van der Waals surface area contributed by atoms with E-state index in [1.165, 1.54) is 28.7 Å². The predicted molar refractivity (Wildman–Crippen MR) is 160 cm³/mol. The first-order chi connectivity index (χ1) is 18.3. The van der Waals surface area contributed by atoms with Crippen LogP contribution >= 0.6 is 35.0 Å². The summed E-state index contributed by atoms with van der Waals surface area (Å²) in [5.41, 5.74) is 4.03. The van der Waals surface area contributed by atoms with Crippen LogP contribution in [0.15, 0.2) is 89.8 Å². The molecule has 8 heteroatoms. The summed E-state index contributed by atoms with van der Waals surface area (Å²) in [6.45, 7) is 4.86. The zero-order chi connectivity index (χ0) is 26.8. The number of nitrogens with one attached hydrogen (secondary N) is 2. The first-order valence-corrected chi connectivity index (χ1v) is 13.8. The Kier molecular flexibility index (Phi) is 7.65. The molecule has 4 aromatic carbocycles. The Morgan fingerprint density at radius 1 is 0.842 bits per heavy atom. The van der Waals surface area contributed by atoms with E-state index in [0.29, 0.717) is 16.3 Å². The molecule has 2 N–H and O–H groups in total. The lowest BCUT2D eigenvalue weighted by atomic mass is 10.1. The van der Waals surface area contributed by atoms with Gasteiger partial charge in [0.25, 0.3) is 5.91 Å². The first kappa shape index (κ1) is 26.2. The Bertz CT molecular complexity index is 1680. The first-order valence-electron chi connectivity index (χ1n) is 12.2. The second-order valence-corrected chi connectivity index (χ2v) is 11.1. The molecule has 0 saturated heterocycles. The molecule has 5 aromatic rings. The zero-order valence-corrected chi connectivity index (χ0v) is 23.1. The fourth-order valence-electron chi connectivity index (χ4n) is 4.49. The fourth-order valence-corrected chi connectivity index (χ4v) is 5.91. The zero-order valence-electron chi connectivity index (χ0n) is 20.8. The number of carbonyl (C=O) groups excluding carboxylic acids is 2. The standard InChI is InChI=1S/C30H25Cl2N3O2S/c1-3-35-27-10-5-4-9-23(27)25-17-21(12-14-28(25)35)33-29(36)18(2)38-22-8-6-7-20(16-22)34-30(37)24-13-11-19(31)15-26(24)32/h4-18H,3H2,1-2H3,(H,33,36)(H,34,37). The summed E-state index contributed by atoms with van der Waals surface area (Å²) in [6, 6.07) is 26.5. The molecule has 0 spiro atoms. The van der Waals surface area contributed by atoms with Gasteiger partial charge in [0.15, 0.2) is 0 Å². The lowest BCUT2D eigenvalue weighted by Gasteiger charge is -2.14. The van der Waals surface area contributed by atoms with Crippen molar-refractivity contribution < 1.29 is 9.59 Å². The number of carbonyl (C=O) groups is 2. The van der Waals surface area contributed by atoms with Gasteiger partial charge in [-0.2, -0.15) is 0 Å². The third-order valence-corrected chi connectivity index (χ3v) is 7.95. The maximum atomic E-state index is 13.1. The van der Waals surface area contributed by atoms with Crippen LogP contribution in [0, 0.1) is 0 Å². The monoisotopic (exact) mass is 561 g/mol. The van der Waals surface area contributed by atoms with Gasteiger partial charge in [-0.15, -0.1) is 11.8 Å². The van der Waals surface area contributed by atoms with Gasteiger partial charge in [-0.25, -0.2) is 0 Å². The number of nitrogens with zero attached hydrogens (tertiary/aromatic N) is 1. The molecular formula is C30H25Cl2N3O2S. The number of aryl methyl sites for hydroxylation is 1. The average molecular weight is 563 g/mol. The number of hydrogen-bond acceptors (Lipinski definition) is 3. The molecule has 0 fully saturated rings. The van der Waals surface area contributed by atoms with Crippen molar-refractivity contribution in [3.63, 3.8) is 0 Å². The van der Waals surface area contributed by atoms with Gasteiger partial charge >= 0.3 is 0 Å². The van der Waals surface area contributed by atoms with E-state index >= 15 is 0 Å². The average Bonchev–Trinajstić information content (AvgIpc) is 3.21. The Labute approximate surface area is 235 Å². The fraction of sp³-hybridized carbons (Fsp3) is 0.133. The van der Waals surface area contributed by atoms with Gasteiger partial charge in [-0.05, 0) is 74.5 Å². The Morgan fingerprint density at radius 3 is 2.39 bits per heavy atom. The minimum atomic E-state index is -0.362. The van der Waals surface area contributed by atoms with E-state index in [4.69, 9.17) is 23.2 Å². The highest BCUT2D eigenvalue weighted by molar-refractivity contribution is 8.00. The number of halogens is 2. The minimum Gasteiger partial charge on any atom is -0.341 e. The second-order valence-electron chi connectivity index (χ2n) is 8.85. The minimum absolute atomic E-state index is 0.101. The molecule has 1 heterocycles. The van der Waals surface area contributed by atoms with Crippen molar-refractivity contribution in [1.82, 2.24) is 4.57 Å². The molecule has 1 unspecified atom stereocenters. The molecule has 192 valence electrons. The van der Waals surface area contributed by atoms with E-state index < -0.39 is 0 Å². The number of anilines is 2. The van der Waals surface area contributed by atoms with Gasteiger partial charge in [0.2, 0.25) is 5.91 Å². The van der Waals surface area contributed by atoms with Gasteiger partial charge in [-0.3, -0.25) is 9.59 Å². The quantitative estimate of drug-likeness (QED) is 0.196. The van der Waals surface area contributed by atoms with Crippen LogP contribution in [0.1, 0.15) is 24.2 Å². The number of fused-ring (bicyclic) bond motifs is 3. The maximum Gasteiger partial charge on any atom is 0.257 e. The van der Waals surface area contributed by atoms with Crippen molar-refractivity contribution in [2.24, 2.45) is 0 Å². The van der Waals surface area contributed by atoms with Crippen LogP contribution in [0.3, 0.4) is 0 Å². The van der Waals surface area contributed by atoms with Gasteiger partial charge in [0, 0.05) is 49.6 Å². The summed E-state index contributed by atoms with van der Waals surface area (Å²) in [5.74, 6) is -0.435. The van der Waals surface area contributed by atoms with Crippen LogP contribution in [0.5, 0.6) is 0 Å². The molecule has 0 bridgehead atoms. The van der Waals surface area contributed by atoms with Gasteiger partial charge < -0.3 is 15.2 Å². The lowest BCUT2D eigenvalue weighted by molar-refractivity contribution is -0.115. The summed E-state index contributed by atoms with van der Waals surface area (Å²) in [4.78, 5) is 26.6. The molecule has 0 aliphatic rings. The normalized spacial score (nSPS) is 12.0. The Balaban J connectivity index is 1.28. The molecule has 0 radical (unpaired) electrons. The van der Waals surface area contributed by atoms with Crippen LogP contribution in [0.4, 0.5) is 11.4 Å². The highest BCUT2D eigenvalue weighted by Gasteiger charge is 2.17. The van der Waals surface area contributed by atoms with E-state index in [2.05, 4.69) is 40.3 Å². The van der Waals surface area contributed by atoms with E-state index in [1.807, 2.05) is 49.4 Å². The van der Waals surface area contributed by atoms with Gasteiger partial charge in [0.05, 0.1) is 15.8 Å². The summed E-state index contributed by atoms with van der Waals surface area (Å²) in [6.07, 6.45) is 0. The third kappa shape index (κ3) is 5.39. The molecule has 0 aliphatic carbocycles. The SMILES string of the molecule is CCn1c2ccccc2c2cc(NC(=O)C(C)Sc3cccc(NC(=O)c4ccc(Cl)cc4Cl)c3)ccc21. The molecule has 0 saturated carbocycles. The van der Waals surface area contributed by atoms with Crippen molar-refractivity contribution in [1.29, 1.82) is 0 Å². The second kappa shape index (κ2) is 11.1. The Morgan fingerprint density at radius 2 is 1.61 bits per heavy atom. The van der Waals surface area contributed by atoms with Gasteiger partial charge in [0.1, 0.15) is 0 Å². The smallest absolute Gasteiger partial charge is 0.257 e. The van der Waals surface area contributed by atoms with E-state index in [1.54, 1.807) is 18.2 Å². The van der Waals surface area contributed by atoms with Crippen LogP contribution in [-0.2, 0) is 11.3 Å². The van der Waals surface area contributed by atoms with E-state index in [0.717, 1.165) is 28.0 Å². The number of para-hydroxylation sites is 1. The summed E-state index contributed by atoms with van der Waals surface area (Å²) >= 11 is 13.5. The summed E-state index contributed by atoms with van der Waals surface area (Å²) in [5, 5.41) is 8.58. The molecule has 5 nitrogen and oxygen atoms in total. The third-order valence-electron chi connectivity index (χ3n) is 6.31. The number of benzene rings is 4. The molecule has 1 aromatic heterocycles. The number of hydrogen-bond donors (Lipinski definition) is 2. The van der Waals surface area contributed by atoms with Crippen LogP contribution in [-0.4, -0.2) is 21.6 Å². The topological polar surface area (TPSA) is 63.1 Å². The van der Waals surface area contributed by atoms with Crippen molar-refractivity contribution in [3.8, 4) is 0 Å². The summed E-state index contributed by atoms with van der Waals surface area (Å²) in [7, 11) is 0. The van der Waals surface area contributed by atoms with Gasteiger partial charge in [-0.1, -0.05) is 47.5 Å². The highest BCUT2D eigenvalue weighted by atomic mass is 35.5. The number of amides is 2. The lowest BCUT2D eigenvalue weighted by Crippen LogP contribution is -2.22. The van der Waals surface area contributed by atoms with Crippen molar-refractivity contribution in [2.75, 3.05) is 10.6 Å². The maximum absolute atomic E-state index is 13.1. The van der Waals surface area contributed by atoms with Crippen molar-refractivity contribution in [2.45, 2.75) is 30.5 Å². The molecule has 38 heavy (non-hydrogen) atoms. The molecular weight excluding hydrogens is 537 g/mol. The van der Waals surface area contributed by atoms with E-state index in [9.17, 15) is 9.59 Å².